The topological polar surface area (TPSA) is 216 Å². The van der Waals surface area contributed by atoms with Crippen LogP contribution in [0.3, 0.4) is 0 Å². The number of hydrogen-bond acceptors (Lipinski definition) is 12. The number of amides is 10. The van der Waals surface area contributed by atoms with Crippen molar-refractivity contribution in [2.45, 2.75) is 90.1 Å². The number of nitrogens with zero attached hydrogens (tertiary/aromatic N) is 4. The largest absolute Gasteiger partial charge is 0.372 e. The van der Waals surface area contributed by atoms with Crippen LogP contribution >= 0.6 is 23.2 Å². The second-order valence-electron chi connectivity index (χ2n) is 19.9. The number of fused-ring (bicyclic) bond motifs is 8. The predicted octanol–water partition coefficient (Wildman–Crippen LogP) is 5.42. The Kier molecular flexibility index (Phi) is 14.0. The van der Waals surface area contributed by atoms with Gasteiger partial charge in [-0.05, 0) is 111 Å². The van der Waals surface area contributed by atoms with Gasteiger partial charge >= 0.3 is 12.1 Å². The maximum atomic E-state index is 15.7. The van der Waals surface area contributed by atoms with E-state index in [2.05, 4.69) is 21.3 Å². The van der Waals surface area contributed by atoms with Gasteiger partial charge in [0.1, 0.15) is 17.5 Å². The summed E-state index contributed by atoms with van der Waals surface area (Å²) in [4.78, 5) is 110. The summed E-state index contributed by atoms with van der Waals surface area (Å²) in [6, 6.07) is 12.9. The van der Waals surface area contributed by atoms with Crippen LogP contribution < -0.4 is 31.1 Å². The van der Waals surface area contributed by atoms with Crippen LogP contribution in [0.4, 0.5) is 34.1 Å². The molecule has 4 aromatic carbocycles. The smallest absolute Gasteiger partial charge is 0.328 e. The number of carbonyl (C=O) groups excluding carboxylic acids is 8. The molecule has 75 heavy (non-hydrogen) atoms. The van der Waals surface area contributed by atoms with Crippen molar-refractivity contribution in [1.82, 2.24) is 31.1 Å². The van der Waals surface area contributed by atoms with E-state index in [1.54, 1.807) is 44.0 Å². The van der Waals surface area contributed by atoms with Crippen molar-refractivity contribution >= 4 is 82.1 Å². The van der Waals surface area contributed by atoms with E-state index in [9.17, 15) is 47.1 Å². The molecule has 23 heteroatoms. The molecule has 394 valence electrons. The summed E-state index contributed by atoms with van der Waals surface area (Å²) in [7, 11) is 3.13. The molecule has 4 fully saturated rings. The second kappa shape index (κ2) is 19.9. The van der Waals surface area contributed by atoms with Crippen LogP contribution in [0.1, 0.15) is 70.7 Å². The molecule has 0 radical (unpaired) electrons. The normalized spacial score (nSPS) is 24.0. The Morgan fingerprint density at radius 1 is 0.587 bits per heavy atom. The third kappa shape index (κ3) is 9.33. The molecule has 6 aliphatic heterocycles. The standard InChI is InChI=1S/C26H25ClF2N4O5.C26H26ClFN4O5/c1-12-10-33-20-16(9-26(21(33)13(2)38-12)23(35)30-25(37)31-24(26)36)7-15(8-19(20)29)22(34)32(3)11-14-4-5-18(28)17(27)6-14;1-13-11-32-20-7-5-16(22(33)31(3)12-15-4-6-19(28)18(27)8-15)9-17(20)10-26(21(32)14(2)37-13)23(34)29-25(36)30-24(26)35/h4-8,12-13,21H,9-11H2,1-3H3,(H2,30,31,35,36,37);4-9,13-14,21H,10-12H2,1-3H3,(H2,29,30,34,35,36)/t12-,13+,21-;13-,14+,21-/m11/s1. The van der Waals surface area contributed by atoms with E-state index in [0.29, 0.717) is 28.8 Å². The number of ether oxygens (including phenoxy) is 2. The maximum absolute atomic E-state index is 15.7. The van der Waals surface area contributed by atoms with Gasteiger partial charge in [-0.1, -0.05) is 35.3 Å². The first-order chi connectivity index (χ1) is 35.4. The summed E-state index contributed by atoms with van der Waals surface area (Å²) >= 11 is 11.7. The van der Waals surface area contributed by atoms with E-state index < -0.39 is 94.2 Å². The van der Waals surface area contributed by atoms with Crippen LogP contribution in [0.5, 0.6) is 0 Å². The van der Waals surface area contributed by atoms with E-state index in [1.165, 1.54) is 53.2 Å². The Hall–Kier alpha value is -7.07. The maximum Gasteiger partial charge on any atom is 0.328 e. The first-order valence-corrected chi connectivity index (χ1v) is 24.7. The van der Waals surface area contributed by atoms with E-state index in [0.717, 1.165) is 11.8 Å². The Bertz CT molecular complexity index is 3090. The fraction of sp³-hybridized carbons (Fsp3) is 0.385. The van der Waals surface area contributed by atoms with Gasteiger partial charge < -0.3 is 29.1 Å². The first-order valence-electron chi connectivity index (χ1n) is 24.0. The van der Waals surface area contributed by atoms with Gasteiger partial charge in [-0.3, -0.25) is 50.0 Å². The SMILES string of the molecule is C[C@@H]1CN2c3c(F)cc(C(=O)N(C)Cc4ccc(F)c(Cl)c4)cc3CC3(C(=O)NC(=O)NC3=O)[C@H]2[C@H](C)O1.C[C@@H]1CN2c3ccc(C(=O)N(C)Cc4ccc(F)c(Cl)c4)cc3CC3(C(=O)NC(=O)NC3=O)[C@H]2[C@H](C)O1. The molecule has 0 bridgehead atoms. The Morgan fingerprint density at radius 2 is 1.01 bits per heavy atom. The fourth-order valence-corrected chi connectivity index (χ4v) is 12.1. The van der Waals surface area contributed by atoms with Crippen molar-refractivity contribution in [3.8, 4) is 0 Å². The minimum atomic E-state index is -1.79. The molecule has 0 saturated carbocycles. The van der Waals surface area contributed by atoms with Gasteiger partial charge in [0.15, 0.2) is 10.8 Å². The molecule has 2 spiro atoms. The van der Waals surface area contributed by atoms with E-state index in [-0.39, 0.29) is 77.5 Å². The zero-order chi connectivity index (χ0) is 54.2. The second-order valence-corrected chi connectivity index (χ2v) is 20.7. The number of hydrogen-bond donors (Lipinski definition) is 4. The third-order valence-corrected chi connectivity index (χ3v) is 15.2. The van der Waals surface area contributed by atoms with Crippen molar-refractivity contribution in [1.29, 1.82) is 0 Å². The molecule has 4 N–H and O–H groups in total. The van der Waals surface area contributed by atoms with Crippen LogP contribution in [0.25, 0.3) is 0 Å². The molecule has 10 amide bonds. The van der Waals surface area contributed by atoms with Crippen LogP contribution in [0, 0.1) is 28.3 Å². The van der Waals surface area contributed by atoms with Crippen molar-refractivity contribution in [2.75, 3.05) is 37.0 Å². The number of anilines is 2. The highest BCUT2D eigenvalue weighted by molar-refractivity contribution is 6.31. The number of benzene rings is 4. The molecule has 6 atom stereocenters. The third-order valence-electron chi connectivity index (χ3n) is 14.7. The minimum Gasteiger partial charge on any atom is -0.372 e. The van der Waals surface area contributed by atoms with Crippen LogP contribution in [0.2, 0.25) is 10.0 Å². The van der Waals surface area contributed by atoms with Gasteiger partial charge in [0, 0.05) is 63.5 Å². The summed E-state index contributed by atoms with van der Waals surface area (Å²) in [5.74, 6) is -5.61. The Morgan fingerprint density at radius 3 is 1.49 bits per heavy atom. The lowest BCUT2D eigenvalue weighted by atomic mass is 9.66. The summed E-state index contributed by atoms with van der Waals surface area (Å²) in [5, 5.41) is 8.74. The van der Waals surface area contributed by atoms with Gasteiger partial charge in [-0.25, -0.2) is 22.8 Å². The van der Waals surface area contributed by atoms with Gasteiger partial charge in [0.25, 0.3) is 11.8 Å². The highest BCUT2D eigenvalue weighted by Crippen LogP contribution is 2.49. The molecule has 0 aliphatic carbocycles. The average Bonchev–Trinajstić information content (AvgIpc) is 3.34. The number of rotatable bonds is 6. The molecular weight excluding hydrogens is 1020 g/mol. The molecule has 0 unspecified atom stereocenters. The molecule has 4 aromatic rings. The molecule has 10 rings (SSSR count). The predicted molar refractivity (Wildman–Crippen MR) is 265 cm³/mol. The molecule has 4 saturated heterocycles. The molecule has 0 aromatic heterocycles. The van der Waals surface area contributed by atoms with Crippen molar-refractivity contribution < 1.29 is 61.0 Å². The lowest BCUT2D eigenvalue weighted by molar-refractivity contribution is -0.154. The first kappa shape index (κ1) is 52.8. The number of nitrogens with one attached hydrogen (secondary N) is 4. The van der Waals surface area contributed by atoms with E-state index >= 15 is 4.39 Å². The molecular formula is C52H51Cl2F3N8O10. The number of urea groups is 2. The van der Waals surface area contributed by atoms with E-state index in [1.807, 2.05) is 24.8 Å². The summed E-state index contributed by atoms with van der Waals surface area (Å²) in [6.45, 7) is 8.11. The zero-order valence-corrected chi connectivity index (χ0v) is 42.8. The highest BCUT2D eigenvalue weighted by atomic mass is 35.5. The highest BCUT2D eigenvalue weighted by Gasteiger charge is 2.64. The Balaban J connectivity index is 0.000000184. The fourth-order valence-electron chi connectivity index (χ4n) is 11.6. The monoisotopic (exact) mass is 1070 g/mol. The number of carbonyl (C=O) groups is 8. The van der Waals surface area contributed by atoms with Gasteiger partial charge in [0.05, 0.1) is 52.2 Å². The van der Waals surface area contributed by atoms with Crippen molar-refractivity contribution in [3.05, 3.63) is 128 Å². The Labute approximate surface area is 438 Å². The van der Waals surface area contributed by atoms with Crippen LogP contribution in [0.15, 0.2) is 66.7 Å². The average molecular weight is 1080 g/mol. The number of morpholine rings is 2. The quantitative estimate of drug-likeness (QED) is 0.178. The zero-order valence-electron chi connectivity index (χ0n) is 41.3. The lowest BCUT2D eigenvalue weighted by Gasteiger charge is -2.55. The van der Waals surface area contributed by atoms with Gasteiger partial charge in [0.2, 0.25) is 23.6 Å². The molecule has 6 heterocycles. The van der Waals surface area contributed by atoms with Crippen molar-refractivity contribution in [3.63, 3.8) is 0 Å². The summed E-state index contributed by atoms with van der Waals surface area (Å²) < 4.78 is 54.7. The van der Waals surface area contributed by atoms with Crippen molar-refractivity contribution in [2.24, 2.45) is 10.8 Å². The molecule has 18 nitrogen and oxygen atoms in total. The lowest BCUT2D eigenvalue weighted by Crippen LogP contribution is -2.75. The summed E-state index contributed by atoms with van der Waals surface area (Å²) in [5.41, 5.74) is 0.124. The van der Waals surface area contributed by atoms with Gasteiger partial charge in [-0.2, -0.15) is 0 Å². The van der Waals surface area contributed by atoms with Crippen LogP contribution in [-0.4, -0.2) is 121 Å². The minimum absolute atomic E-state index is 0.00503. The van der Waals surface area contributed by atoms with E-state index in [4.69, 9.17) is 32.7 Å². The number of imide groups is 4. The summed E-state index contributed by atoms with van der Waals surface area (Å²) in [6.07, 6.45) is -1.88. The molecule has 6 aliphatic rings. The van der Waals surface area contributed by atoms with Crippen LogP contribution in [-0.2, 0) is 54.6 Å². The van der Waals surface area contributed by atoms with Gasteiger partial charge in [-0.15, -0.1) is 0 Å². The number of barbiturate groups is 2. The number of halogens is 5.